The van der Waals surface area contributed by atoms with Crippen LogP contribution in [0.3, 0.4) is 0 Å². The Bertz CT molecular complexity index is 272. The number of nitrogens with one attached hydrogen (secondary N) is 1. The Hall–Kier alpha value is -1.08. The highest BCUT2D eigenvalue weighted by Gasteiger charge is 2.51. The normalized spacial score (nSPS) is 28.9. The van der Waals surface area contributed by atoms with E-state index in [0.717, 1.165) is 19.4 Å². The molecule has 0 aromatic carbocycles. The number of amides is 1. The summed E-state index contributed by atoms with van der Waals surface area (Å²) in [7, 11) is 0. The molecular weight excluding hydrogens is 180 g/mol. The van der Waals surface area contributed by atoms with Crippen molar-refractivity contribution in [3.63, 3.8) is 0 Å². The van der Waals surface area contributed by atoms with Crippen molar-refractivity contribution in [2.45, 2.75) is 31.7 Å². The number of nitriles is 1. The molecule has 1 N–H and O–H groups in total. The van der Waals surface area contributed by atoms with Crippen LogP contribution < -0.4 is 5.32 Å². The quantitative estimate of drug-likeness (QED) is 0.699. The molecule has 0 bridgehead atoms. The van der Waals surface area contributed by atoms with Crippen molar-refractivity contribution in [1.29, 1.82) is 5.26 Å². The molecule has 0 radical (unpaired) electrons. The standard InChI is InChI=1S/C10H14N2O2/c11-7-10(3-4-10)9(13)12-8-2-1-5-14-6-8/h8H,1-6H2,(H,12,13). The maximum Gasteiger partial charge on any atom is 0.240 e. The van der Waals surface area contributed by atoms with Crippen LogP contribution in [0.15, 0.2) is 0 Å². The van der Waals surface area contributed by atoms with Gasteiger partial charge in [0.2, 0.25) is 5.91 Å². The van der Waals surface area contributed by atoms with Crippen LogP contribution in [0.5, 0.6) is 0 Å². The first-order valence-electron chi connectivity index (χ1n) is 5.07. The largest absolute Gasteiger partial charge is 0.379 e. The first-order chi connectivity index (χ1) is 6.77. The summed E-state index contributed by atoms with van der Waals surface area (Å²) in [6.07, 6.45) is 3.38. The van der Waals surface area contributed by atoms with Gasteiger partial charge in [0.05, 0.1) is 18.7 Å². The summed E-state index contributed by atoms with van der Waals surface area (Å²) in [5, 5.41) is 11.7. The Labute approximate surface area is 83.2 Å². The van der Waals surface area contributed by atoms with Gasteiger partial charge in [0.1, 0.15) is 5.41 Å². The van der Waals surface area contributed by atoms with Crippen LogP contribution in [0, 0.1) is 16.7 Å². The first-order valence-corrected chi connectivity index (χ1v) is 5.07. The maximum atomic E-state index is 11.6. The van der Waals surface area contributed by atoms with Crippen LogP contribution in [-0.2, 0) is 9.53 Å². The molecule has 2 rings (SSSR count). The lowest BCUT2D eigenvalue weighted by Crippen LogP contribution is -2.43. The minimum absolute atomic E-state index is 0.101. The number of rotatable bonds is 2. The Morgan fingerprint density at radius 1 is 1.57 bits per heavy atom. The van der Waals surface area contributed by atoms with Gasteiger partial charge in [-0.15, -0.1) is 0 Å². The topological polar surface area (TPSA) is 62.1 Å². The van der Waals surface area contributed by atoms with E-state index in [1.54, 1.807) is 0 Å². The van der Waals surface area contributed by atoms with E-state index >= 15 is 0 Å². The summed E-state index contributed by atoms with van der Waals surface area (Å²) in [4.78, 5) is 11.6. The van der Waals surface area contributed by atoms with Crippen molar-refractivity contribution in [2.75, 3.05) is 13.2 Å². The highest BCUT2D eigenvalue weighted by atomic mass is 16.5. The van der Waals surface area contributed by atoms with Gasteiger partial charge in [0.15, 0.2) is 0 Å². The molecule has 1 amide bonds. The zero-order chi connectivity index (χ0) is 10.0. The van der Waals surface area contributed by atoms with Gasteiger partial charge >= 0.3 is 0 Å². The van der Waals surface area contributed by atoms with Crippen molar-refractivity contribution in [3.8, 4) is 6.07 Å². The van der Waals surface area contributed by atoms with Crippen LogP contribution >= 0.6 is 0 Å². The molecule has 0 aromatic rings. The van der Waals surface area contributed by atoms with Gasteiger partial charge in [-0.2, -0.15) is 5.26 Å². The maximum absolute atomic E-state index is 11.6. The summed E-state index contributed by atoms with van der Waals surface area (Å²) in [5.74, 6) is -0.101. The second kappa shape index (κ2) is 3.58. The van der Waals surface area contributed by atoms with Gasteiger partial charge in [0.25, 0.3) is 0 Å². The molecule has 1 unspecified atom stereocenters. The van der Waals surface area contributed by atoms with E-state index in [-0.39, 0.29) is 11.9 Å². The number of hydrogen-bond donors (Lipinski definition) is 1. The Kier molecular flexibility index (Phi) is 2.42. The molecule has 0 aromatic heterocycles. The van der Waals surface area contributed by atoms with E-state index in [0.29, 0.717) is 19.4 Å². The molecule has 1 heterocycles. The summed E-state index contributed by atoms with van der Waals surface area (Å²) >= 11 is 0. The Balaban J connectivity index is 1.85. The summed E-state index contributed by atoms with van der Waals surface area (Å²) in [5.41, 5.74) is -0.697. The van der Waals surface area contributed by atoms with Crippen molar-refractivity contribution in [3.05, 3.63) is 0 Å². The Morgan fingerprint density at radius 3 is 2.86 bits per heavy atom. The molecule has 76 valence electrons. The molecular formula is C10H14N2O2. The predicted octanol–water partition coefficient (Wildman–Crippen LogP) is 0.585. The molecule has 4 nitrogen and oxygen atoms in total. The molecule has 1 saturated carbocycles. The fraction of sp³-hybridized carbons (Fsp3) is 0.800. The van der Waals surface area contributed by atoms with Gasteiger partial charge in [-0.3, -0.25) is 4.79 Å². The number of hydrogen-bond acceptors (Lipinski definition) is 3. The number of ether oxygens (including phenoxy) is 1. The highest BCUT2D eigenvalue weighted by molar-refractivity contribution is 5.88. The van der Waals surface area contributed by atoms with Crippen molar-refractivity contribution in [2.24, 2.45) is 5.41 Å². The average molecular weight is 194 g/mol. The van der Waals surface area contributed by atoms with E-state index in [4.69, 9.17) is 10.00 Å². The lowest BCUT2D eigenvalue weighted by molar-refractivity contribution is -0.126. The fourth-order valence-corrected chi connectivity index (χ4v) is 1.69. The minimum Gasteiger partial charge on any atom is -0.379 e. The minimum atomic E-state index is -0.697. The monoisotopic (exact) mass is 194 g/mol. The SMILES string of the molecule is N#CC1(C(=O)NC2CCCOC2)CC1. The lowest BCUT2D eigenvalue weighted by Gasteiger charge is -2.23. The molecule has 1 aliphatic heterocycles. The third-order valence-corrected chi connectivity index (χ3v) is 2.89. The van der Waals surface area contributed by atoms with E-state index < -0.39 is 5.41 Å². The van der Waals surface area contributed by atoms with Crippen LogP contribution in [0.25, 0.3) is 0 Å². The van der Waals surface area contributed by atoms with Crippen LogP contribution in [-0.4, -0.2) is 25.2 Å². The molecule has 1 aliphatic carbocycles. The number of carbonyl (C=O) groups is 1. The smallest absolute Gasteiger partial charge is 0.240 e. The molecule has 4 heteroatoms. The van der Waals surface area contributed by atoms with Gasteiger partial charge < -0.3 is 10.1 Å². The third-order valence-electron chi connectivity index (χ3n) is 2.89. The zero-order valence-corrected chi connectivity index (χ0v) is 8.08. The van der Waals surface area contributed by atoms with E-state index in [2.05, 4.69) is 11.4 Å². The van der Waals surface area contributed by atoms with Crippen molar-refractivity contribution in [1.82, 2.24) is 5.32 Å². The van der Waals surface area contributed by atoms with Crippen molar-refractivity contribution >= 4 is 5.91 Å². The van der Waals surface area contributed by atoms with E-state index in [1.165, 1.54) is 0 Å². The number of carbonyl (C=O) groups excluding carboxylic acids is 1. The molecule has 1 atom stereocenters. The van der Waals surface area contributed by atoms with Crippen LogP contribution in [0.1, 0.15) is 25.7 Å². The van der Waals surface area contributed by atoms with Crippen LogP contribution in [0.4, 0.5) is 0 Å². The summed E-state index contributed by atoms with van der Waals surface area (Å²) in [6.45, 7) is 1.38. The van der Waals surface area contributed by atoms with Gasteiger partial charge in [-0.25, -0.2) is 0 Å². The summed E-state index contributed by atoms with van der Waals surface area (Å²) < 4.78 is 5.25. The molecule has 2 fully saturated rings. The second-order valence-corrected chi connectivity index (χ2v) is 4.08. The number of nitrogens with zero attached hydrogens (tertiary/aromatic N) is 1. The fourth-order valence-electron chi connectivity index (χ4n) is 1.69. The molecule has 1 saturated heterocycles. The molecule has 14 heavy (non-hydrogen) atoms. The summed E-state index contributed by atoms with van der Waals surface area (Å²) in [6, 6.07) is 2.20. The molecule has 0 spiro atoms. The average Bonchev–Trinajstić information content (AvgIpc) is 3.00. The molecule has 2 aliphatic rings. The van der Waals surface area contributed by atoms with E-state index in [9.17, 15) is 4.79 Å². The second-order valence-electron chi connectivity index (χ2n) is 4.08. The van der Waals surface area contributed by atoms with Gasteiger partial charge in [-0.05, 0) is 25.7 Å². The predicted molar refractivity (Wildman–Crippen MR) is 49.3 cm³/mol. The lowest BCUT2D eigenvalue weighted by atomic mass is 10.1. The van der Waals surface area contributed by atoms with Crippen LogP contribution in [0.2, 0.25) is 0 Å². The van der Waals surface area contributed by atoms with Gasteiger partial charge in [-0.1, -0.05) is 0 Å². The van der Waals surface area contributed by atoms with Gasteiger partial charge in [0, 0.05) is 6.61 Å². The van der Waals surface area contributed by atoms with Crippen molar-refractivity contribution < 1.29 is 9.53 Å². The Morgan fingerprint density at radius 2 is 2.36 bits per heavy atom. The zero-order valence-electron chi connectivity index (χ0n) is 8.08. The highest BCUT2D eigenvalue weighted by Crippen LogP contribution is 2.45. The third kappa shape index (κ3) is 1.73. The van der Waals surface area contributed by atoms with E-state index in [1.807, 2.05) is 0 Å². The first kappa shape index (κ1) is 9.47.